The highest BCUT2D eigenvalue weighted by atomic mass is 79.9. The second-order valence-electron chi connectivity index (χ2n) is 5.80. The number of fused-ring (bicyclic) bond motifs is 1. The Bertz CT molecular complexity index is 530. The van der Waals surface area contributed by atoms with Gasteiger partial charge < -0.3 is 20.3 Å². The molecule has 1 atom stereocenters. The molecule has 1 unspecified atom stereocenters. The molecule has 5 nitrogen and oxygen atoms in total. The van der Waals surface area contributed by atoms with Gasteiger partial charge in [-0.1, -0.05) is 13.8 Å². The summed E-state index contributed by atoms with van der Waals surface area (Å²) < 4.78 is 12.3. The fourth-order valence-electron chi connectivity index (χ4n) is 1.91. The molecule has 1 aliphatic rings. The first-order valence-electron chi connectivity index (χ1n) is 6.35. The van der Waals surface area contributed by atoms with Gasteiger partial charge in [-0.15, -0.1) is 0 Å². The minimum atomic E-state index is -1.02. The Morgan fingerprint density at radius 2 is 2.10 bits per heavy atom. The molecule has 1 aromatic rings. The molecule has 1 heterocycles. The van der Waals surface area contributed by atoms with Gasteiger partial charge in [0.2, 0.25) is 0 Å². The van der Waals surface area contributed by atoms with Gasteiger partial charge in [0.25, 0.3) is 0 Å². The summed E-state index contributed by atoms with van der Waals surface area (Å²) in [7, 11) is 0. The average molecular weight is 344 g/mol. The lowest BCUT2D eigenvalue weighted by molar-refractivity contribution is -0.138. The first kappa shape index (κ1) is 15.1. The van der Waals surface area contributed by atoms with Crippen LogP contribution < -0.4 is 15.2 Å². The van der Waals surface area contributed by atoms with E-state index in [9.17, 15) is 4.79 Å². The molecule has 1 aliphatic heterocycles. The molecule has 1 aromatic carbocycles. The summed E-state index contributed by atoms with van der Waals surface area (Å²) in [6, 6.07) is 2.69. The predicted octanol–water partition coefficient (Wildman–Crippen LogP) is 2.20. The first-order valence-corrected chi connectivity index (χ1v) is 7.14. The van der Waals surface area contributed by atoms with Gasteiger partial charge in [-0.2, -0.15) is 0 Å². The Balaban J connectivity index is 2.27. The molecule has 6 heteroatoms. The maximum absolute atomic E-state index is 10.8. The Kier molecular flexibility index (Phi) is 4.25. The molecule has 0 aliphatic carbocycles. The van der Waals surface area contributed by atoms with Gasteiger partial charge in [0.05, 0.1) is 17.7 Å². The number of ether oxygens (including phenoxy) is 2. The number of aliphatic carboxylic acids is 1. The molecule has 0 fully saturated rings. The zero-order valence-electron chi connectivity index (χ0n) is 11.5. The lowest BCUT2D eigenvalue weighted by Crippen LogP contribution is -2.32. The highest BCUT2D eigenvalue weighted by molar-refractivity contribution is 9.10. The number of rotatable bonds is 3. The number of carbonyl (C=O) groups is 1. The number of benzene rings is 1. The molecule has 0 radical (unpaired) electrons. The number of nitrogens with two attached hydrogens (primary N) is 1. The summed E-state index contributed by atoms with van der Waals surface area (Å²) in [6.45, 7) is 5.23. The predicted molar refractivity (Wildman–Crippen MR) is 78.2 cm³/mol. The van der Waals surface area contributed by atoms with Gasteiger partial charge in [-0.05, 0) is 40.0 Å². The molecule has 0 amide bonds. The van der Waals surface area contributed by atoms with Gasteiger partial charge in [-0.3, -0.25) is 4.79 Å². The van der Waals surface area contributed by atoms with Crippen LogP contribution >= 0.6 is 15.9 Å². The Labute approximate surface area is 126 Å². The van der Waals surface area contributed by atoms with Crippen LogP contribution in [0, 0.1) is 5.41 Å². The maximum Gasteiger partial charge on any atom is 0.320 e. The highest BCUT2D eigenvalue weighted by Gasteiger charge is 2.27. The summed E-state index contributed by atoms with van der Waals surface area (Å²) in [5.41, 5.74) is 6.29. The molecule has 0 spiro atoms. The standard InChI is InChI=1S/C14H18BrNO4/c1-14(2)6-19-11-5-8(4-10(16)13(17)18)3-9(15)12(11)20-7-14/h3,5,10H,4,6-7,16H2,1-2H3,(H,17,18). The molecule has 0 saturated carbocycles. The molecule has 110 valence electrons. The molecular formula is C14H18BrNO4. The van der Waals surface area contributed by atoms with Crippen molar-refractivity contribution >= 4 is 21.9 Å². The second-order valence-corrected chi connectivity index (χ2v) is 6.65. The van der Waals surface area contributed by atoms with Crippen molar-refractivity contribution in [1.82, 2.24) is 0 Å². The van der Waals surface area contributed by atoms with Crippen molar-refractivity contribution in [1.29, 1.82) is 0 Å². The van der Waals surface area contributed by atoms with Crippen LogP contribution in [0.3, 0.4) is 0 Å². The van der Waals surface area contributed by atoms with E-state index < -0.39 is 12.0 Å². The monoisotopic (exact) mass is 343 g/mol. The van der Waals surface area contributed by atoms with Crippen LogP contribution in [0.4, 0.5) is 0 Å². The van der Waals surface area contributed by atoms with Gasteiger partial charge in [-0.25, -0.2) is 0 Å². The van der Waals surface area contributed by atoms with E-state index in [1.54, 1.807) is 6.07 Å². The summed E-state index contributed by atoms with van der Waals surface area (Å²) in [4.78, 5) is 10.8. The highest BCUT2D eigenvalue weighted by Crippen LogP contribution is 2.40. The normalized spacial score (nSPS) is 18.2. The van der Waals surface area contributed by atoms with E-state index in [0.717, 1.165) is 10.0 Å². The molecule has 0 bridgehead atoms. The zero-order chi connectivity index (χ0) is 14.9. The molecule has 0 aromatic heterocycles. The van der Waals surface area contributed by atoms with Crippen LogP contribution in [0.5, 0.6) is 11.5 Å². The van der Waals surface area contributed by atoms with Gasteiger partial charge >= 0.3 is 5.97 Å². The number of carboxylic acids is 1. The molecule has 0 saturated heterocycles. The van der Waals surface area contributed by atoms with Gasteiger partial charge in [0.15, 0.2) is 11.5 Å². The Morgan fingerprint density at radius 1 is 1.45 bits per heavy atom. The smallest absolute Gasteiger partial charge is 0.320 e. The maximum atomic E-state index is 10.8. The minimum absolute atomic E-state index is 0.0733. The number of carboxylic acid groups (broad SMARTS) is 1. The Morgan fingerprint density at radius 3 is 2.75 bits per heavy atom. The van der Waals surface area contributed by atoms with E-state index in [4.69, 9.17) is 20.3 Å². The van der Waals surface area contributed by atoms with Crippen molar-refractivity contribution in [3.8, 4) is 11.5 Å². The number of halogens is 1. The van der Waals surface area contributed by atoms with E-state index in [1.807, 2.05) is 6.07 Å². The van der Waals surface area contributed by atoms with Crippen LogP contribution in [-0.2, 0) is 11.2 Å². The van der Waals surface area contributed by atoms with Gasteiger partial charge in [0.1, 0.15) is 6.04 Å². The quantitative estimate of drug-likeness (QED) is 0.879. The van der Waals surface area contributed by atoms with E-state index in [2.05, 4.69) is 29.8 Å². The van der Waals surface area contributed by atoms with Gasteiger partial charge in [0, 0.05) is 5.41 Å². The third-order valence-corrected chi connectivity index (χ3v) is 3.66. The van der Waals surface area contributed by atoms with Crippen molar-refractivity contribution in [3.63, 3.8) is 0 Å². The fraction of sp³-hybridized carbons (Fsp3) is 0.500. The van der Waals surface area contributed by atoms with E-state index in [1.165, 1.54) is 0 Å². The fourth-order valence-corrected chi connectivity index (χ4v) is 2.51. The number of hydrogen-bond donors (Lipinski definition) is 2. The largest absolute Gasteiger partial charge is 0.489 e. The lowest BCUT2D eigenvalue weighted by atomic mass is 9.97. The van der Waals surface area contributed by atoms with Crippen molar-refractivity contribution in [3.05, 3.63) is 22.2 Å². The summed E-state index contributed by atoms with van der Waals surface area (Å²) >= 11 is 3.44. The van der Waals surface area contributed by atoms with Crippen LogP contribution in [0.1, 0.15) is 19.4 Å². The van der Waals surface area contributed by atoms with Crippen LogP contribution in [0.25, 0.3) is 0 Å². The van der Waals surface area contributed by atoms with Crippen LogP contribution in [0.2, 0.25) is 0 Å². The molecular weight excluding hydrogens is 326 g/mol. The lowest BCUT2D eigenvalue weighted by Gasteiger charge is -2.19. The summed E-state index contributed by atoms with van der Waals surface area (Å²) in [5.74, 6) is 0.259. The summed E-state index contributed by atoms with van der Waals surface area (Å²) in [6.07, 6.45) is 0.244. The molecule has 2 rings (SSSR count). The zero-order valence-corrected chi connectivity index (χ0v) is 13.1. The van der Waals surface area contributed by atoms with Crippen molar-refractivity contribution < 1.29 is 19.4 Å². The van der Waals surface area contributed by atoms with Crippen LogP contribution in [-0.4, -0.2) is 30.3 Å². The van der Waals surface area contributed by atoms with Crippen molar-refractivity contribution in [2.24, 2.45) is 11.1 Å². The topological polar surface area (TPSA) is 81.8 Å². The van der Waals surface area contributed by atoms with Crippen LogP contribution in [0.15, 0.2) is 16.6 Å². The molecule has 3 N–H and O–H groups in total. The third-order valence-electron chi connectivity index (χ3n) is 3.07. The van der Waals surface area contributed by atoms with E-state index >= 15 is 0 Å². The SMILES string of the molecule is CC1(C)COc2cc(CC(N)C(=O)O)cc(Br)c2OC1. The van der Waals surface area contributed by atoms with E-state index in [-0.39, 0.29) is 11.8 Å². The van der Waals surface area contributed by atoms with Crippen molar-refractivity contribution in [2.75, 3.05) is 13.2 Å². The van der Waals surface area contributed by atoms with Crippen molar-refractivity contribution in [2.45, 2.75) is 26.3 Å². The van der Waals surface area contributed by atoms with E-state index in [0.29, 0.717) is 24.7 Å². The summed E-state index contributed by atoms with van der Waals surface area (Å²) in [5, 5.41) is 8.87. The number of hydrogen-bond acceptors (Lipinski definition) is 4. The molecule has 20 heavy (non-hydrogen) atoms. The average Bonchev–Trinajstić information content (AvgIpc) is 2.49. The Hall–Kier alpha value is -1.27. The second kappa shape index (κ2) is 5.61. The minimum Gasteiger partial charge on any atom is -0.489 e. The first-order chi connectivity index (χ1) is 9.28. The third kappa shape index (κ3) is 3.43.